The molecule has 0 radical (unpaired) electrons. The summed E-state index contributed by atoms with van der Waals surface area (Å²) in [5.74, 6) is 0.430. The minimum absolute atomic E-state index is 0.183. The van der Waals surface area contributed by atoms with E-state index in [0.29, 0.717) is 11.3 Å². The second-order valence-electron chi connectivity index (χ2n) is 4.42. The van der Waals surface area contributed by atoms with E-state index in [2.05, 4.69) is 15.4 Å². The van der Waals surface area contributed by atoms with Crippen molar-refractivity contribution >= 4 is 11.3 Å². The number of nitrogens with one attached hydrogen (secondary N) is 1. The summed E-state index contributed by atoms with van der Waals surface area (Å²) in [6.07, 6.45) is 4.17. The molecule has 0 amide bonds. The topological polar surface area (TPSA) is 42.2 Å². The van der Waals surface area contributed by atoms with Gasteiger partial charge in [-0.15, -0.1) is 0 Å². The molecule has 1 aliphatic carbocycles. The van der Waals surface area contributed by atoms with Gasteiger partial charge < -0.3 is 5.32 Å². The Bertz CT molecular complexity index is 621. The molecule has 0 unspecified atom stereocenters. The predicted molar refractivity (Wildman–Crippen MR) is 63.8 cm³/mol. The van der Waals surface area contributed by atoms with Crippen LogP contribution in [0, 0.1) is 0 Å². The maximum Gasteiger partial charge on any atom is 0.435 e. The molecule has 3 rings (SSSR count). The Morgan fingerprint density at radius 1 is 1.26 bits per heavy atom. The van der Waals surface area contributed by atoms with Crippen LogP contribution in [-0.4, -0.2) is 20.6 Å². The molecule has 19 heavy (non-hydrogen) atoms. The van der Waals surface area contributed by atoms with Gasteiger partial charge in [0.15, 0.2) is 11.5 Å². The summed E-state index contributed by atoms with van der Waals surface area (Å²) in [5, 5.41) is 6.66. The molecule has 1 aliphatic rings. The van der Waals surface area contributed by atoms with Gasteiger partial charge in [-0.05, 0) is 12.8 Å². The molecule has 2 aromatic rings. The van der Waals surface area contributed by atoms with Crippen LogP contribution < -0.4 is 5.32 Å². The maximum atomic E-state index is 12.6. The largest absolute Gasteiger partial charge is 0.435 e. The van der Waals surface area contributed by atoms with Gasteiger partial charge in [0.05, 0.1) is 0 Å². The predicted octanol–water partition coefficient (Wildman–Crippen LogP) is 2.88. The van der Waals surface area contributed by atoms with Gasteiger partial charge in [-0.2, -0.15) is 18.3 Å². The zero-order valence-electron chi connectivity index (χ0n) is 9.85. The third kappa shape index (κ3) is 2.27. The Morgan fingerprint density at radius 2 is 2.00 bits per heavy atom. The van der Waals surface area contributed by atoms with E-state index in [1.165, 1.54) is 16.9 Å². The zero-order valence-corrected chi connectivity index (χ0v) is 9.85. The van der Waals surface area contributed by atoms with Crippen molar-refractivity contribution in [2.75, 3.05) is 5.32 Å². The van der Waals surface area contributed by atoms with Crippen LogP contribution in [-0.2, 0) is 6.18 Å². The van der Waals surface area contributed by atoms with Crippen molar-refractivity contribution in [2.24, 2.45) is 0 Å². The van der Waals surface area contributed by atoms with Gasteiger partial charge in [-0.3, -0.25) is 0 Å². The first kappa shape index (κ1) is 12.0. The molecule has 0 bridgehead atoms. The molecule has 0 saturated heterocycles. The maximum absolute atomic E-state index is 12.6. The lowest BCUT2D eigenvalue weighted by Gasteiger charge is -2.13. The average molecular weight is 268 g/mol. The molecule has 7 heteroatoms. The summed E-state index contributed by atoms with van der Waals surface area (Å²) >= 11 is 0. The summed E-state index contributed by atoms with van der Waals surface area (Å²) in [7, 11) is 0. The van der Waals surface area contributed by atoms with Crippen LogP contribution in [0.1, 0.15) is 18.5 Å². The average Bonchev–Trinajstić information content (AvgIpc) is 2.96. The number of fused-ring (bicyclic) bond motifs is 1. The lowest BCUT2D eigenvalue weighted by molar-refractivity contribution is -0.141. The van der Waals surface area contributed by atoms with Crippen molar-refractivity contribution in [3.05, 3.63) is 36.3 Å². The SMILES string of the molecule is FC(F)(F)c1cc2c(NC3CC=CC3)nccn2n1. The third-order valence-electron chi connectivity index (χ3n) is 3.03. The van der Waals surface area contributed by atoms with Crippen molar-refractivity contribution < 1.29 is 13.2 Å². The number of alkyl halides is 3. The lowest BCUT2D eigenvalue weighted by Crippen LogP contribution is -2.16. The molecule has 1 N–H and O–H groups in total. The summed E-state index contributed by atoms with van der Waals surface area (Å²) in [5.41, 5.74) is -0.574. The van der Waals surface area contributed by atoms with Crippen LogP contribution in [0.2, 0.25) is 0 Å². The molecule has 0 atom stereocenters. The van der Waals surface area contributed by atoms with E-state index in [0.717, 1.165) is 18.9 Å². The molecule has 0 spiro atoms. The van der Waals surface area contributed by atoms with E-state index in [4.69, 9.17) is 0 Å². The van der Waals surface area contributed by atoms with E-state index in [1.54, 1.807) is 0 Å². The van der Waals surface area contributed by atoms with Crippen LogP contribution in [0.25, 0.3) is 5.52 Å². The Hall–Kier alpha value is -2.05. The van der Waals surface area contributed by atoms with Gasteiger partial charge in [-0.25, -0.2) is 9.50 Å². The first-order chi connectivity index (χ1) is 9.04. The highest BCUT2D eigenvalue weighted by Crippen LogP contribution is 2.30. The zero-order chi connectivity index (χ0) is 13.5. The molecule has 4 nitrogen and oxygen atoms in total. The Kier molecular flexibility index (Phi) is 2.69. The van der Waals surface area contributed by atoms with Crippen molar-refractivity contribution in [2.45, 2.75) is 25.1 Å². The summed E-state index contributed by atoms with van der Waals surface area (Å²) < 4.78 is 39.1. The number of rotatable bonds is 2. The van der Waals surface area contributed by atoms with Gasteiger partial charge in [0.1, 0.15) is 5.52 Å². The molecule has 0 aromatic carbocycles. The molecule has 2 heterocycles. The highest BCUT2D eigenvalue weighted by atomic mass is 19.4. The minimum atomic E-state index is -4.45. The van der Waals surface area contributed by atoms with Crippen LogP contribution in [0.4, 0.5) is 19.0 Å². The van der Waals surface area contributed by atoms with Gasteiger partial charge in [-0.1, -0.05) is 12.2 Å². The Labute approximate surface area is 106 Å². The Balaban J connectivity index is 1.97. The van der Waals surface area contributed by atoms with Gasteiger partial charge in [0.25, 0.3) is 0 Å². The van der Waals surface area contributed by atoms with Gasteiger partial charge in [0, 0.05) is 24.5 Å². The number of anilines is 1. The Morgan fingerprint density at radius 3 is 2.68 bits per heavy atom. The number of hydrogen-bond acceptors (Lipinski definition) is 3. The van der Waals surface area contributed by atoms with Gasteiger partial charge in [0.2, 0.25) is 0 Å². The number of nitrogens with zero attached hydrogens (tertiary/aromatic N) is 3. The summed E-state index contributed by atoms with van der Waals surface area (Å²) in [6.45, 7) is 0. The fourth-order valence-corrected chi connectivity index (χ4v) is 2.10. The van der Waals surface area contributed by atoms with E-state index in [9.17, 15) is 13.2 Å². The van der Waals surface area contributed by atoms with Crippen LogP contribution in [0.5, 0.6) is 0 Å². The van der Waals surface area contributed by atoms with Crippen molar-refractivity contribution in [3.8, 4) is 0 Å². The van der Waals surface area contributed by atoms with E-state index < -0.39 is 11.9 Å². The highest BCUT2D eigenvalue weighted by Gasteiger charge is 2.34. The van der Waals surface area contributed by atoms with E-state index >= 15 is 0 Å². The second kappa shape index (κ2) is 4.25. The van der Waals surface area contributed by atoms with Gasteiger partial charge >= 0.3 is 6.18 Å². The minimum Gasteiger partial charge on any atom is -0.365 e. The molecular weight excluding hydrogens is 257 g/mol. The van der Waals surface area contributed by atoms with E-state index in [1.807, 2.05) is 12.2 Å². The standard InChI is InChI=1S/C12H11F3N4/c13-12(14,15)10-7-9-11(16-5-6-19(9)18-10)17-8-3-1-2-4-8/h1-2,5-8H,3-4H2,(H,16,17). The van der Waals surface area contributed by atoms with Crippen molar-refractivity contribution in [1.82, 2.24) is 14.6 Å². The van der Waals surface area contributed by atoms with Crippen LogP contribution >= 0.6 is 0 Å². The van der Waals surface area contributed by atoms with E-state index in [-0.39, 0.29) is 6.04 Å². The smallest absolute Gasteiger partial charge is 0.365 e. The molecular formula is C12H11F3N4. The fourth-order valence-electron chi connectivity index (χ4n) is 2.10. The number of halogens is 3. The first-order valence-corrected chi connectivity index (χ1v) is 5.87. The number of hydrogen-bond donors (Lipinski definition) is 1. The summed E-state index contributed by atoms with van der Waals surface area (Å²) in [4.78, 5) is 4.10. The molecule has 0 saturated carbocycles. The molecule has 0 aliphatic heterocycles. The quantitative estimate of drug-likeness (QED) is 0.851. The van der Waals surface area contributed by atoms with Crippen LogP contribution in [0.3, 0.4) is 0 Å². The van der Waals surface area contributed by atoms with Crippen molar-refractivity contribution in [3.63, 3.8) is 0 Å². The fraction of sp³-hybridized carbons (Fsp3) is 0.333. The normalized spacial score (nSPS) is 16.4. The molecule has 0 fully saturated rings. The highest BCUT2D eigenvalue weighted by molar-refractivity contribution is 5.68. The lowest BCUT2D eigenvalue weighted by atomic mass is 10.2. The van der Waals surface area contributed by atoms with Crippen molar-refractivity contribution in [1.29, 1.82) is 0 Å². The molecule has 2 aromatic heterocycles. The third-order valence-corrected chi connectivity index (χ3v) is 3.03. The monoisotopic (exact) mass is 268 g/mol. The first-order valence-electron chi connectivity index (χ1n) is 5.87. The number of aromatic nitrogens is 3. The molecule has 100 valence electrons. The van der Waals surface area contributed by atoms with Crippen LogP contribution in [0.15, 0.2) is 30.6 Å². The summed E-state index contributed by atoms with van der Waals surface area (Å²) in [6, 6.07) is 1.19. The second-order valence-corrected chi connectivity index (χ2v) is 4.42.